The molecular formula is CH4AuN2OS. The zero-order chi connectivity index (χ0) is 4.99. The number of carbonyl (C=O) groups excluding carboxylic acids is 1. The molecule has 3 nitrogen and oxygen atoms in total. The monoisotopic (exact) mass is 289 g/mol. The number of hydrogen-bond acceptors (Lipinski definition) is 2. The molecule has 0 saturated heterocycles. The van der Waals surface area contributed by atoms with Gasteiger partial charge < -0.3 is 0 Å². The van der Waals surface area contributed by atoms with Crippen LogP contribution < -0.4 is 9.45 Å². The second-order valence-electron chi connectivity index (χ2n) is 0.507. The van der Waals surface area contributed by atoms with E-state index >= 15 is 0 Å². The molecule has 0 heterocycles. The molecule has 0 saturated carbocycles. The molecule has 0 aromatic heterocycles. The van der Waals surface area contributed by atoms with E-state index in [1.54, 1.807) is 0 Å². The van der Waals surface area contributed by atoms with Crippen molar-refractivity contribution in [1.29, 1.82) is 0 Å². The van der Waals surface area contributed by atoms with Gasteiger partial charge in [0.25, 0.3) is 0 Å². The van der Waals surface area contributed by atoms with Gasteiger partial charge in [0.05, 0.1) is 0 Å². The summed E-state index contributed by atoms with van der Waals surface area (Å²) < 4.78 is 2.31. The van der Waals surface area contributed by atoms with Gasteiger partial charge in [0.15, 0.2) is 0 Å². The Morgan fingerprint density at radius 2 is 2.50 bits per heavy atom. The van der Waals surface area contributed by atoms with Crippen LogP contribution >= 0.6 is 10.1 Å². The number of thiol groups is 1. The summed E-state index contributed by atoms with van der Waals surface area (Å²) in [6, 6.07) is -0.494. The van der Waals surface area contributed by atoms with Crippen molar-refractivity contribution in [3.05, 3.63) is 0 Å². The number of amides is 2. The summed E-state index contributed by atoms with van der Waals surface area (Å²) in [5.74, 6) is 0. The molecule has 0 aliphatic rings. The second-order valence-corrected chi connectivity index (χ2v) is 2.64. The third kappa shape index (κ3) is 4.36. The molecule has 0 aliphatic heterocycles. The number of urea groups is 1. The number of nitrogens with two attached hydrogens (primary N) is 1. The van der Waals surface area contributed by atoms with Crippen LogP contribution in [0.2, 0.25) is 0 Å². The van der Waals surface area contributed by atoms with Gasteiger partial charge in [-0.2, -0.15) is 0 Å². The van der Waals surface area contributed by atoms with Gasteiger partial charge in [0, 0.05) is 0 Å². The van der Waals surface area contributed by atoms with Crippen molar-refractivity contribution in [1.82, 2.24) is 3.72 Å². The Morgan fingerprint density at radius 3 is 2.50 bits per heavy atom. The van der Waals surface area contributed by atoms with Crippen LogP contribution in [0.1, 0.15) is 0 Å². The first-order valence-corrected chi connectivity index (χ1v) is 5.29. The predicted octanol–water partition coefficient (Wildman–Crippen LogP) is -0.503. The van der Waals surface area contributed by atoms with E-state index in [1.807, 2.05) is 0 Å². The molecule has 3 N–H and O–H groups in total. The van der Waals surface area contributed by atoms with E-state index in [1.165, 1.54) is 0 Å². The number of nitrogens with one attached hydrogen (secondary N) is 1. The third-order valence-corrected chi connectivity index (χ3v) is 1.44. The van der Waals surface area contributed by atoms with Crippen LogP contribution in [-0.4, -0.2) is 6.03 Å². The van der Waals surface area contributed by atoms with Crippen LogP contribution in [0.3, 0.4) is 0 Å². The van der Waals surface area contributed by atoms with E-state index in [0.717, 1.165) is 0 Å². The molecule has 6 heavy (non-hydrogen) atoms. The van der Waals surface area contributed by atoms with Crippen molar-refractivity contribution in [2.45, 2.75) is 0 Å². The average molecular weight is 289 g/mol. The van der Waals surface area contributed by atoms with E-state index in [9.17, 15) is 4.79 Å². The van der Waals surface area contributed by atoms with E-state index in [2.05, 4.69) is 19.5 Å². The van der Waals surface area contributed by atoms with Crippen LogP contribution in [0.25, 0.3) is 0 Å². The van der Waals surface area contributed by atoms with Crippen molar-refractivity contribution in [2.24, 2.45) is 5.73 Å². The summed E-state index contributed by atoms with van der Waals surface area (Å²) in [5.41, 5.74) is 4.63. The minimum atomic E-state index is -0.494. The van der Waals surface area contributed by atoms with Crippen molar-refractivity contribution >= 4 is 16.1 Å². The molecule has 41 valence electrons. The van der Waals surface area contributed by atoms with Gasteiger partial charge >= 0.3 is 49.1 Å². The average Bonchev–Trinajstić information content (AvgIpc) is 1.35. The van der Waals surface area contributed by atoms with E-state index < -0.39 is 6.03 Å². The summed E-state index contributed by atoms with van der Waals surface area (Å²) in [4.78, 5) is 9.69. The first kappa shape index (κ1) is 6.36. The van der Waals surface area contributed by atoms with E-state index in [4.69, 9.17) is 0 Å². The SMILES string of the molecule is NC(=O)[NH][Au][SH]. The van der Waals surface area contributed by atoms with Crippen LogP contribution in [0.5, 0.6) is 0 Å². The molecule has 0 unspecified atom stereocenters. The second kappa shape index (κ2) is 3.55. The normalized spacial score (nSPS) is 8.17. The van der Waals surface area contributed by atoms with Gasteiger partial charge in [-0.3, -0.25) is 0 Å². The maximum absolute atomic E-state index is 9.69. The molecule has 0 fully saturated rings. The summed E-state index contributed by atoms with van der Waals surface area (Å²) in [6.07, 6.45) is 0. The minimum absolute atomic E-state index is 0.374. The number of hydrogen-bond donors (Lipinski definition) is 3. The molecule has 0 spiro atoms. The Labute approximate surface area is 49.3 Å². The summed E-state index contributed by atoms with van der Waals surface area (Å²) >= 11 is -0.374. The van der Waals surface area contributed by atoms with Gasteiger partial charge in [0.2, 0.25) is 0 Å². The molecule has 0 aliphatic carbocycles. The Bertz CT molecular complexity index is 57.5. The van der Waals surface area contributed by atoms with Crippen LogP contribution in [0, 0.1) is 0 Å². The fourth-order valence-electron chi connectivity index (χ4n) is 0.0332. The van der Waals surface area contributed by atoms with Crippen molar-refractivity contribution in [3.8, 4) is 0 Å². The van der Waals surface area contributed by atoms with Crippen LogP contribution in [0.15, 0.2) is 0 Å². The topological polar surface area (TPSA) is 55.1 Å². The van der Waals surface area contributed by atoms with Crippen molar-refractivity contribution in [3.63, 3.8) is 0 Å². The molecule has 0 radical (unpaired) electrons. The van der Waals surface area contributed by atoms with Gasteiger partial charge in [0.1, 0.15) is 0 Å². The standard InChI is InChI=1S/CH4N2O.Au.H2S/c2-1(3)4;;/h(H4,2,3,4);;1H2/q;+2;/p-2. The molecule has 5 heteroatoms. The predicted molar refractivity (Wildman–Crippen MR) is 21.7 cm³/mol. The van der Waals surface area contributed by atoms with Crippen molar-refractivity contribution < 1.29 is 23.5 Å². The number of rotatable bonds is 1. The molecule has 0 aromatic rings. The van der Waals surface area contributed by atoms with Gasteiger partial charge in [-0.25, -0.2) is 0 Å². The Balaban J connectivity index is 2.83. The Hall–Kier alpha value is 0.360. The zero-order valence-electron chi connectivity index (χ0n) is 2.73. The fourth-order valence-corrected chi connectivity index (χ4v) is 0.816. The first-order chi connectivity index (χ1) is 2.77. The van der Waals surface area contributed by atoms with Gasteiger partial charge in [-0.05, 0) is 0 Å². The molecule has 0 atom stereocenters. The Morgan fingerprint density at radius 1 is 2.00 bits per heavy atom. The van der Waals surface area contributed by atoms with Crippen LogP contribution in [-0.2, 0) is 18.7 Å². The van der Waals surface area contributed by atoms with Gasteiger partial charge in [-0.15, -0.1) is 0 Å². The number of primary amides is 1. The summed E-state index contributed by atoms with van der Waals surface area (Å²) in [6.45, 7) is 0. The maximum atomic E-state index is 9.69. The van der Waals surface area contributed by atoms with Crippen LogP contribution in [0.4, 0.5) is 4.79 Å². The van der Waals surface area contributed by atoms with Gasteiger partial charge in [-0.1, -0.05) is 0 Å². The summed E-state index contributed by atoms with van der Waals surface area (Å²) in [5, 5.41) is 0. The third-order valence-electron chi connectivity index (χ3n) is 0.108. The molecule has 0 aromatic carbocycles. The summed E-state index contributed by atoms with van der Waals surface area (Å²) in [7, 11) is 3.75. The van der Waals surface area contributed by atoms with E-state index in [0.29, 0.717) is 0 Å². The first-order valence-electron chi connectivity index (χ1n) is 1.03. The number of carbonyl (C=O) groups is 1. The molecule has 0 rings (SSSR count). The Kier molecular flexibility index (Phi) is 3.76. The molecule has 0 bridgehead atoms. The van der Waals surface area contributed by atoms with E-state index in [-0.39, 0.29) is 18.7 Å². The molecule has 2 amide bonds. The quantitative estimate of drug-likeness (QED) is 0.442. The van der Waals surface area contributed by atoms with Crippen molar-refractivity contribution in [2.75, 3.05) is 0 Å². The zero-order valence-corrected chi connectivity index (χ0v) is 5.80. The fraction of sp³-hybridized carbons (Fsp3) is 0. The molecular weight excluding hydrogens is 285 g/mol.